The molecular formula is C25H30N4O6S. The van der Waals surface area contributed by atoms with Crippen LogP contribution in [0.1, 0.15) is 23.6 Å². The summed E-state index contributed by atoms with van der Waals surface area (Å²) in [6, 6.07) is 8.26. The van der Waals surface area contributed by atoms with Gasteiger partial charge < -0.3 is 14.7 Å². The highest BCUT2D eigenvalue weighted by atomic mass is 32.2. The Morgan fingerprint density at radius 3 is 2.42 bits per heavy atom. The standard InChI is InChI=1S/C25H30N4O6S/c1-27(2)36(33,34)20-8-6-18(7-9-20)23(30)21-22(19-5-3-10-26-17-19)29(25(32)24(21)31)12-4-11-28-13-15-35-16-14-28/h3,5-10,17,22,30H,4,11-16H2,1-2H3/t22-/m1/s1. The number of aliphatic hydroxyl groups is 1. The normalized spacial score (nSPS) is 20.9. The van der Waals surface area contributed by atoms with Crippen LogP contribution < -0.4 is 0 Å². The molecule has 1 N–H and O–H groups in total. The predicted octanol–water partition coefficient (Wildman–Crippen LogP) is 1.48. The molecule has 0 saturated carbocycles. The summed E-state index contributed by atoms with van der Waals surface area (Å²) in [5.41, 5.74) is 0.812. The van der Waals surface area contributed by atoms with Crippen LogP contribution in [0.4, 0.5) is 0 Å². The van der Waals surface area contributed by atoms with E-state index >= 15 is 0 Å². The molecule has 2 aromatic rings. The lowest BCUT2D eigenvalue weighted by atomic mass is 9.96. The molecule has 36 heavy (non-hydrogen) atoms. The molecular weight excluding hydrogens is 484 g/mol. The second-order valence-corrected chi connectivity index (χ2v) is 11.1. The van der Waals surface area contributed by atoms with Gasteiger partial charge in [0.1, 0.15) is 5.76 Å². The predicted molar refractivity (Wildman–Crippen MR) is 132 cm³/mol. The van der Waals surface area contributed by atoms with E-state index in [4.69, 9.17) is 4.74 Å². The highest BCUT2D eigenvalue weighted by Gasteiger charge is 2.46. The molecule has 1 aromatic carbocycles. The molecule has 2 saturated heterocycles. The molecule has 10 nitrogen and oxygen atoms in total. The fourth-order valence-electron chi connectivity index (χ4n) is 4.44. The molecule has 2 fully saturated rings. The molecule has 192 valence electrons. The van der Waals surface area contributed by atoms with Gasteiger partial charge >= 0.3 is 0 Å². The van der Waals surface area contributed by atoms with Gasteiger partial charge in [-0.25, -0.2) is 12.7 Å². The van der Waals surface area contributed by atoms with Gasteiger partial charge in [-0.1, -0.05) is 6.07 Å². The molecule has 3 heterocycles. The zero-order valence-electron chi connectivity index (χ0n) is 20.3. The van der Waals surface area contributed by atoms with Crippen LogP contribution in [0.3, 0.4) is 0 Å². The number of ketones is 1. The van der Waals surface area contributed by atoms with Crippen molar-refractivity contribution in [3.63, 3.8) is 0 Å². The summed E-state index contributed by atoms with van der Waals surface area (Å²) >= 11 is 0. The minimum atomic E-state index is -3.65. The summed E-state index contributed by atoms with van der Waals surface area (Å²) in [7, 11) is -0.797. The van der Waals surface area contributed by atoms with Gasteiger partial charge in [0.2, 0.25) is 10.0 Å². The number of likely N-dealkylation sites (tertiary alicyclic amines) is 1. The highest BCUT2D eigenvalue weighted by Crippen LogP contribution is 2.39. The van der Waals surface area contributed by atoms with Crippen molar-refractivity contribution in [2.24, 2.45) is 0 Å². The number of rotatable bonds is 8. The number of carbonyl (C=O) groups is 2. The number of ether oxygens (including phenoxy) is 1. The fraction of sp³-hybridized carbons (Fsp3) is 0.400. The first-order chi connectivity index (χ1) is 17.2. The van der Waals surface area contributed by atoms with Crippen LogP contribution >= 0.6 is 0 Å². The Bertz CT molecular complexity index is 1240. The first-order valence-corrected chi connectivity index (χ1v) is 13.2. The van der Waals surface area contributed by atoms with Crippen molar-refractivity contribution in [1.82, 2.24) is 19.1 Å². The number of aliphatic hydroxyl groups excluding tert-OH is 1. The second-order valence-electron chi connectivity index (χ2n) is 8.90. The van der Waals surface area contributed by atoms with Gasteiger partial charge in [0.25, 0.3) is 11.7 Å². The lowest BCUT2D eigenvalue weighted by molar-refractivity contribution is -0.140. The molecule has 0 bridgehead atoms. The number of carbonyl (C=O) groups excluding carboxylic acids is 2. The van der Waals surface area contributed by atoms with Crippen LogP contribution in [0.2, 0.25) is 0 Å². The Morgan fingerprint density at radius 2 is 1.81 bits per heavy atom. The number of pyridine rings is 1. The lowest BCUT2D eigenvalue weighted by Gasteiger charge is -2.29. The van der Waals surface area contributed by atoms with E-state index in [-0.39, 0.29) is 21.8 Å². The van der Waals surface area contributed by atoms with Crippen molar-refractivity contribution in [1.29, 1.82) is 0 Å². The highest BCUT2D eigenvalue weighted by molar-refractivity contribution is 7.89. The Kier molecular flexibility index (Phi) is 7.84. The monoisotopic (exact) mass is 514 g/mol. The number of benzene rings is 1. The van der Waals surface area contributed by atoms with E-state index < -0.39 is 27.8 Å². The van der Waals surface area contributed by atoms with E-state index in [0.29, 0.717) is 31.7 Å². The van der Waals surface area contributed by atoms with E-state index in [1.807, 2.05) is 0 Å². The SMILES string of the molecule is CN(C)S(=O)(=O)c1ccc(C(O)=C2C(=O)C(=O)N(CCCN3CCOCC3)[C@@H]2c2cccnc2)cc1. The van der Waals surface area contributed by atoms with Gasteiger partial charge in [0, 0.05) is 58.2 Å². The van der Waals surface area contributed by atoms with Gasteiger partial charge in [-0.3, -0.25) is 19.5 Å². The molecule has 0 aliphatic carbocycles. The Morgan fingerprint density at radius 1 is 1.11 bits per heavy atom. The van der Waals surface area contributed by atoms with Crippen LogP contribution in [0, 0.1) is 0 Å². The van der Waals surface area contributed by atoms with Gasteiger partial charge in [0.15, 0.2) is 0 Å². The smallest absolute Gasteiger partial charge is 0.295 e. The largest absolute Gasteiger partial charge is 0.507 e. The van der Waals surface area contributed by atoms with Crippen LogP contribution in [0.5, 0.6) is 0 Å². The number of Topliss-reactive ketones (excluding diaryl/α,β-unsaturated/α-hetero) is 1. The van der Waals surface area contributed by atoms with Crippen molar-refractivity contribution in [2.75, 3.05) is 53.5 Å². The van der Waals surface area contributed by atoms with Gasteiger partial charge in [0.05, 0.1) is 29.7 Å². The average Bonchev–Trinajstić information content (AvgIpc) is 3.14. The summed E-state index contributed by atoms with van der Waals surface area (Å²) < 4.78 is 31.2. The van der Waals surface area contributed by atoms with Crippen molar-refractivity contribution in [3.05, 3.63) is 65.5 Å². The molecule has 0 spiro atoms. The second kappa shape index (κ2) is 10.9. The van der Waals surface area contributed by atoms with E-state index in [1.165, 1.54) is 43.3 Å². The molecule has 1 atom stereocenters. The molecule has 2 aliphatic rings. The third kappa shape index (κ3) is 5.19. The number of hydrogen-bond donors (Lipinski definition) is 1. The summed E-state index contributed by atoms with van der Waals surface area (Å²) in [5.74, 6) is -1.82. The Hall–Kier alpha value is -3.12. The van der Waals surface area contributed by atoms with Crippen LogP contribution in [0.25, 0.3) is 5.76 Å². The molecule has 1 aromatic heterocycles. The number of sulfonamides is 1. The topological polar surface area (TPSA) is 120 Å². The lowest BCUT2D eigenvalue weighted by Crippen LogP contribution is -2.39. The summed E-state index contributed by atoms with van der Waals surface area (Å²) in [6.07, 6.45) is 3.82. The zero-order valence-corrected chi connectivity index (χ0v) is 21.1. The number of amides is 1. The maximum Gasteiger partial charge on any atom is 0.295 e. The van der Waals surface area contributed by atoms with Crippen molar-refractivity contribution in [3.8, 4) is 0 Å². The molecule has 0 radical (unpaired) electrons. The minimum Gasteiger partial charge on any atom is -0.507 e. The first-order valence-electron chi connectivity index (χ1n) is 11.7. The molecule has 1 amide bonds. The Balaban J connectivity index is 1.66. The molecule has 11 heteroatoms. The van der Waals surface area contributed by atoms with Crippen LogP contribution in [-0.2, 0) is 24.3 Å². The van der Waals surface area contributed by atoms with Crippen LogP contribution in [0.15, 0.2) is 59.3 Å². The minimum absolute atomic E-state index is 0.0393. The number of morpholine rings is 1. The van der Waals surface area contributed by atoms with Gasteiger partial charge in [-0.2, -0.15) is 0 Å². The molecule has 0 unspecified atom stereocenters. The number of hydrogen-bond acceptors (Lipinski definition) is 8. The average molecular weight is 515 g/mol. The third-order valence-corrected chi connectivity index (χ3v) is 8.25. The van der Waals surface area contributed by atoms with E-state index in [9.17, 15) is 23.1 Å². The van der Waals surface area contributed by atoms with Crippen molar-refractivity contribution >= 4 is 27.5 Å². The molecule has 4 rings (SSSR count). The zero-order chi connectivity index (χ0) is 25.9. The van der Waals surface area contributed by atoms with E-state index in [2.05, 4.69) is 9.88 Å². The molecule has 2 aliphatic heterocycles. The summed E-state index contributed by atoms with van der Waals surface area (Å²) in [5, 5.41) is 11.2. The fourth-order valence-corrected chi connectivity index (χ4v) is 5.34. The first kappa shape index (κ1) is 26.0. The van der Waals surface area contributed by atoms with E-state index in [0.717, 1.165) is 23.9 Å². The maximum absolute atomic E-state index is 13.1. The summed E-state index contributed by atoms with van der Waals surface area (Å²) in [6.45, 7) is 4.09. The maximum atomic E-state index is 13.1. The summed E-state index contributed by atoms with van der Waals surface area (Å²) in [4.78, 5) is 34.1. The van der Waals surface area contributed by atoms with Crippen molar-refractivity contribution < 1.29 is 27.9 Å². The Labute approximate surface area is 210 Å². The van der Waals surface area contributed by atoms with Gasteiger partial charge in [-0.05, 0) is 42.3 Å². The van der Waals surface area contributed by atoms with Crippen LogP contribution in [-0.4, -0.2) is 97.8 Å². The van der Waals surface area contributed by atoms with Gasteiger partial charge in [-0.15, -0.1) is 0 Å². The van der Waals surface area contributed by atoms with Crippen molar-refractivity contribution in [2.45, 2.75) is 17.4 Å². The van der Waals surface area contributed by atoms with E-state index in [1.54, 1.807) is 24.5 Å². The third-order valence-electron chi connectivity index (χ3n) is 6.42. The number of nitrogens with zero attached hydrogens (tertiary/aromatic N) is 4. The number of aromatic nitrogens is 1. The quantitative estimate of drug-likeness (QED) is 0.320.